The molecule has 1 aliphatic heterocycles. The Bertz CT molecular complexity index is 1260. The van der Waals surface area contributed by atoms with Gasteiger partial charge in [0.05, 0.1) is 31.0 Å². The van der Waals surface area contributed by atoms with Crippen molar-refractivity contribution in [1.82, 2.24) is 9.88 Å². The van der Waals surface area contributed by atoms with E-state index in [0.29, 0.717) is 5.56 Å². The van der Waals surface area contributed by atoms with E-state index in [2.05, 4.69) is 26.8 Å². The summed E-state index contributed by atoms with van der Waals surface area (Å²) in [6.45, 7) is 4.35. The molecule has 1 fully saturated rings. The molecule has 1 saturated heterocycles. The second kappa shape index (κ2) is 12.8. The molecular weight excluding hydrogens is 494 g/mol. The zero-order valence-corrected chi connectivity index (χ0v) is 21.9. The van der Waals surface area contributed by atoms with Crippen LogP contribution in [0.2, 0.25) is 0 Å². The standard InChI is InChI=1S/C15H16F2N4O2.C12H16N2O/c1-20-14(18)7-4-5-8(21-15(7)19)11-12(16)9(22-2)6-10(23-3)13(11)17;1-13-6-8-14(9-7-13)12-4-2-11(10-15)3-5-12/h4-6H,1-3H3,(H2,18,20)(H2,19,21);2-5,10H,6-9H2,1H3. The van der Waals surface area contributed by atoms with Gasteiger partial charge in [0, 0.05) is 50.5 Å². The normalized spacial score (nSPS) is 13.9. The molecule has 2 aromatic carbocycles. The number of benzene rings is 2. The summed E-state index contributed by atoms with van der Waals surface area (Å²) in [7, 11) is 6.17. The maximum atomic E-state index is 14.4. The van der Waals surface area contributed by atoms with Crippen LogP contribution in [0.1, 0.15) is 15.9 Å². The summed E-state index contributed by atoms with van der Waals surface area (Å²) < 4.78 is 38.7. The van der Waals surface area contributed by atoms with Gasteiger partial charge < -0.3 is 30.7 Å². The van der Waals surface area contributed by atoms with Gasteiger partial charge in [0.2, 0.25) is 0 Å². The summed E-state index contributed by atoms with van der Waals surface area (Å²) in [5, 5.41) is 0. The van der Waals surface area contributed by atoms with Crippen LogP contribution in [0.3, 0.4) is 0 Å². The number of carbonyl (C=O) groups is 1. The molecule has 1 aliphatic rings. The van der Waals surface area contributed by atoms with Crippen molar-refractivity contribution in [3.63, 3.8) is 0 Å². The van der Waals surface area contributed by atoms with E-state index in [0.717, 1.165) is 44.1 Å². The predicted octanol–water partition coefficient (Wildman–Crippen LogP) is 3.21. The van der Waals surface area contributed by atoms with E-state index in [9.17, 15) is 13.6 Å². The molecule has 9 nitrogen and oxygen atoms in total. The van der Waals surface area contributed by atoms with Crippen LogP contribution >= 0.6 is 0 Å². The molecule has 2 heterocycles. The van der Waals surface area contributed by atoms with Crippen LogP contribution in [-0.4, -0.2) is 76.5 Å². The zero-order valence-electron chi connectivity index (χ0n) is 21.9. The molecule has 0 aliphatic carbocycles. The zero-order chi connectivity index (χ0) is 27.8. The monoisotopic (exact) mass is 526 g/mol. The summed E-state index contributed by atoms with van der Waals surface area (Å²) >= 11 is 0. The van der Waals surface area contributed by atoms with Gasteiger partial charge in [-0.15, -0.1) is 0 Å². The van der Waals surface area contributed by atoms with Crippen molar-refractivity contribution in [2.45, 2.75) is 0 Å². The van der Waals surface area contributed by atoms with Crippen LogP contribution in [-0.2, 0) is 0 Å². The number of pyridine rings is 1. The third kappa shape index (κ3) is 6.35. The molecule has 0 radical (unpaired) electrons. The number of hydrogen-bond acceptors (Lipinski definition) is 8. The molecule has 4 rings (SSSR count). The third-order valence-corrected chi connectivity index (χ3v) is 6.17. The number of hydrogen-bond donors (Lipinski definition) is 2. The van der Waals surface area contributed by atoms with E-state index >= 15 is 0 Å². The summed E-state index contributed by atoms with van der Waals surface area (Å²) in [5.41, 5.74) is 13.4. The molecule has 202 valence electrons. The molecule has 0 atom stereocenters. The predicted molar refractivity (Wildman–Crippen MR) is 145 cm³/mol. The molecule has 38 heavy (non-hydrogen) atoms. The molecule has 3 aromatic rings. The van der Waals surface area contributed by atoms with Crippen LogP contribution in [0.15, 0.2) is 47.5 Å². The topological polar surface area (TPSA) is 119 Å². The number of aldehydes is 1. The number of nitrogens with two attached hydrogens (primary N) is 2. The largest absolute Gasteiger partial charge is 0.494 e. The SMILES string of the molecule is CN1CCN(c2ccc(C=O)cc2)CC1.CN=C(N)c1ccc(-c2c(F)c(OC)cc(OC)c2F)nc1N. The second-order valence-electron chi connectivity index (χ2n) is 8.52. The third-order valence-electron chi connectivity index (χ3n) is 6.17. The fourth-order valence-electron chi connectivity index (χ4n) is 3.89. The van der Waals surface area contributed by atoms with E-state index in [4.69, 9.17) is 20.9 Å². The van der Waals surface area contributed by atoms with Crippen molar-refractivity contribution in [2.75, 3.05) is 65.1 Å². The maximum Gasteiger partial charge on any atom is 0.177 e. The van der Waals surface area contributed by atoms with Crippen LogP contribution < -0.4 is 25.8 Å². The van der Waals surface area contributed by atoms with Gasteiger partial charge in [-0.2, -0.15) is 0 Å². The number of amidine groups is 1. The number of ether oxygens (including phenoxy) is 2. The second-order valence-corrected chi connectivity index (χ2v) is 8.52. The number of likely N-dealkylation sites (N-methyl/N-ethyl adjacent to an activating group) is 1. The summed E-state index contributed by atoms with van der Waals surface area (Å²) in [6.07, 6.45) is 0.883. The first-order valence-corrected chi connectivity index (χ1v) is 11.8. The van der Waals surface area contributed by atoms with Gasteiger partial charge >= 0.3 is 0 Å². The van der Waals surface area contributed by atoms with E-state index in [1.807, 2.05) is 24.3 Å². The highest BCUT2D eigenvalue weighted by Crippen LogP contribution is 2.37. The number of nitrogens with zero attached hydrogens (tertiary/aromatic N) is 4. The quantitative estimate of drug-likeness (QED) is 0.286. The van der Waals surface area contributed by atoms with Gasteiger partial charge in [-0.25, -0.2) is 13.8 Å². The summed E-state index contributed by atoms with van der Waals surface area (Å²) in [4.78, 5) is 23.0. The van der Waals surface area contributed by atoms with Crippen molar-refractivity contribution in [3.05, 3.63) is 65.2 Å². The van der Waals surface area contributed by atoms with E-state index in [1.165, 1.54) is 39.1 Å². The van der Waals surface area contributed by atoms with Crippen molar-refractivity contribution in [2.24, 2.45) is 10.7 Å². The first kappa shape index (κ1) is 28.3. The Labute approximate surface area is 220 Å². The Morgan fingerprint density at radius 3 is 2.05 bits per heavy atom. The van der Waals surface area contributed by atoms with E-state index in [-0.39, 0.29) is 28.8 Å². The molecule has 0 bridgehead atoms. The summed E-state index contributed by atoms with van der Waals surface area (Å²) in [6, 6.07) is 11.8. The van der Waals surface area contributed by atoms with Gasteiger partial charge in [0.15, 0.2) is 23.1 Å². The Hall–Kier alpha value is -4.25. The number of aromatic nitrogens is 1. The molecule has 0 spiro atoms. The highest BCUT2D eigenvalue weighted by molar-refractivity contribution is 6.01. The average Bonchev–Trinajstić information content (AvgIpc) is 2.94. The molecule has 4 N–H and O–H groups in total. The highest BCUT2D eigenvalue weighted by atomic mass is 19.1. The van der Waals surface area contributed by atoms with Gasteiger partial charge in [-0.1, -0.05) is 0 Å². The Morgan fingerprint density at radius 2 is 1.58 bits per heavy atom. The Balaban J connectivity index is 0.000000230. The molecular formula is C27H32F2N6O3. The van der Waals surface area contributed by atoms with E-state index in [1.54, 1.807) is 0 Å². The lowest BCUT2D eigenvalue weighted by molar-refractivity contribution is 0.112. The summed E-state index contributed by atoms with van der Waals surface area (Å²) in [5.74, 6) is -1.96. The first-order valence-electron chi connectivity index (χ1n) is 11.8. The van der Waals surface area contributed by atoms with Gasteiger partial charge in [-0.3, -0.25) is 9.79 Å². The number of methoxy groups -OCH3 is 2. The number of anilines is 2. The minimum atomic E-state index is -0.900. The number of halogens is 2. The first-order chi connectivity index (χ1) is 18.2. The lowest BCUT2D eigenvalue weighted by Crippen LogP contribution is -2.44. The lowest BCUT2D eigenvalue weighted by atomic mass is 10.1. The highest BCUT2D eigenvalue weighted by Gasteiger charge is 2.23. The van der Waals surface area contributed by atoms with Gasteiger partial charge in [-0.05, 0) is 43.4 Å². The van der Waals surface area contributed by atoms with Crippen molar-refractivity contribution >= 4 is 23.6 Å². The molecule has 1 aromatic heterocycles. The van der Waals surface area contributed by atoms with Crippen LogP contribution in [0.4, 0.5) is 20.3 Å². The maximum absolute atomic E-state index is 14.4. The fourth-order valence-corrected chi connectivity index (χ4v) is 3.89. The number of aliphatic imine (C=N–C) groups is 1. The number of rotatable bonds is 6. The molecule has 0 saturated carbocycles. The van der Waals surface area contributed by atoms with Gasteiger partial charge in [0.1, 0.15) is 17.9 Å². The van der Waals surface area contributed by atoms with E-state index < -0.39 is 17.2 Å². The fraction of sp³-hybridized carbons (Fsp3) is 0.296. The van der Waals surface area contributed by atoms with Crippen molar-refractivity contribution in [1.29, 1.82) is 0 Å². The average molecular weight is 527 g/mol. The number of nitrogen functional groups attached to an aromatic ring is 1. The van der Waals surface area contributed by atoms with Crippen molar-refractivity contribution < 1.29 is 23.0 Å². The minimum absolute atomic E-state index is 0.00573. The smallest absolute Gasteiger partial charge is 0.177 e. The lowest BCUT2D eigenvalue weighted by Gasteiger charge is -2.34. The Morgan fingerprint density at radius 1 is 1.00 bits per heavy atom. The Kier molecular flexibility index (Phi) is 9.55. The number of carbonyl (C=O) groups excluding carboxylic acids is 1. The van der Waals surface area contributed by atoms with Crippen LogP contribution in [0.25, 0.3) is 11.3 Å². The molecule has 11 heteroatoms. The molecule has 0 unspecified atom stereocenters. The van der Waals surface area contributed by atoms with Crippen LogP contribution in [0.5, 0.6) is 11.5 Å². The van der Waals surface area contributed by atoms with Crippen molar-refractivity contribution in [3.8, 4) is 22.8 Å². The number of piperazine rings is 1. The minimum Gasteiger partial charge on any atom is -0.494 e. The van der Waals surface area contributed by atoms with Crippen LogP contribution in [0, 0.1) is 11.6 Å². The molecule has 0 amide bonds. The van der Waals surface area contributed by atoms with Gasteiger partial charge in [0.25, 0.3) is 0 Å².